The van der Waals surface area contributed by atoms with Crippen LogP contribution >= 0.6 is 11.8 Å². The summed E-state index contributed by atoms with van der Waals surface area (Å²) in [6.45, 7) is 6.89. The van der Waals surface area contributed by atoms with Crippen molar-refractivity contribution >= 4 is 18.0 Å². The Hall–Kier alpha value is -2.20. The molecule has 25 heavy (non-hydrogen) atoms. The van der Waals surface area contributed by atoms with E-state index in [9.17, 15) is 0 Å². The van der Waals surface area contributed by atoms with Gasteiger partial charge in [-0.1, -0.05) is 41.6 Å². The van der Waals surface area contributed by atoms with E-state index in [2.05, 4.69) is 55.4 Å². The molecule has 2 aromatic rings. The molecule has 0 unspecified atom stereocenters. The summed E-state index contributed by atoms with van der Waals surface area (Å²) in [4.78, 5) is 6.02. The van der Waals surface area contributed by atoms with Crippen LogP contribution in [0.1, 0.15) is 29.2 Å². The molecule has 0 aliphatic rings. The number of rotatable bonds is 8. The molecule has 2 rings (SSSR count). The van der Waals surface area contributed by atoms with E-state index in [4.69, 9.17) is 9.57 Å². The van der Waals surface area contributed by atoms with Crippen LogP contribution in [0.25, 0.3) is 0 Å². The van der Waals surface area contributed by atoms with Gasteiger partial charge in [0.25, 0.3) is 0 Å². The van der Waals surface area contributed by atoms with E-state index in [1.165, 1.54) is 21.6 Å². The Morgan fingerprint density at radius 3 is 2.36 bits per heavy atom. The van der Waals surface area contributed by atoms with Gasteiger partial charge in [-0.2, -0.15) is 0 Å². The summed E-state index contributed by atoms with van der Waals surface area (Å²) in [5, 5.41) is 3.78. The minimum absolute atomic E-state index is 0.612. The summed E-state index contributed by atoms with van der Waals surface area (Å²) in [6, 6.07) is 12.6. The lowest BCUT2D eigenvalue weighted by atomic mass is 10.1. The standard InChI is InChI=1S/C21H25NO2S/c1-5-6-11-24-20-12-16(2)21(17(3)13-20)25-15-19-9-7-18(8-10-19)14-22-23-4/h5-10,12-14H,11,15H2,1-4H3/b6-5+,22-14+. The number of oxime groups is 1. The van der Waals surface area contributed by atoms with Crippen LogP contribution in [0.5, 0.6) is 5.75 Å². The van der Waals surface area contributed by atoms with Crippen molar-refractivity contribution in [2.24, 2.45) is 5.16 Å². The average molecular weight is 356 g/mol. The number of benzene rings is 2. The molecule has 0 heterocycles. The quantitative estimate of drug-likeness (QED) is 0.270. The van der Waals surface area contributed by atoms with Crippen molar-refractivity contribution in [2.75, 3.05) is 13.7 Å². The first-order chi connectivity index (χ1) is 12.1. The molecule has 0 spiro atoms. The first-order valence-corrected chi connectivity index (χ1v) is 9.26. The van der Waals surface area contributed by atoms with E-state index >= 15 is 0 Å². The van der Waals surface area contributed by atoms with E-state index in [1.807, 2.05) is 30.8 Å². The zero-order valence-corrected chi connectivity index (χ0v) is 16.1. The summed E-state index contributed by atoms with van der Waals surface area (Å²) >= 11 is 1.86. The van der Waals surface area contributed by atoms with Crippen LogP contribution in [0.3, 0.4) is 0 Å². The summed E-state index contributed by atoms with van der Waals surface area (Å²) in [6.07, 6.45) is 5.71. The zero-order chi connectivity index (χ0) is 18.1. The van der Waals surface area contributed by atoms with Crippen molar-refractivity contribution in [3.63, 3.8) is 0 Å². The Balaban J connectivity index is 2.01. The fraction of sp³-hybridized carbons (Fsp3) is 0.286. The number of ether oxygens (including phenoxy) is 1. The van der Waals surface area contributed by atoms with E-state index in [1.54, 1.807) is 13.3 Å². The largest absolute Gasteiger partial charge is 0.490 e. The molecule has 0 aliphatic carbocycles. The highest BCUT2D eigenvalue weighted by Crippen LogP contribution is 2.32. The van der Waals surface area contributed by atoms with Gasteiger partial charge >= 0.3 is 0 Å². The van der Waals surface area contributed by atoms with Crippen molar-refractivity contribution in [3.05, 3.63) is 70.8 Å². The first kappa shape index (κ1) is 19.1. The smallest absolute Gasteiger partial charge is 0.120 e. The second-order valence-electron chi connectivity index (χ2n) is 5.71. The van der Waals surface area contributed by atoms with Gasteiger partial charge in [0.05, 0.1) is 6.21 Å². The molecule has 0 aliphatic heterocycles. The van der Waals surface area contributed by atoms with Crippen LogP contribution < -0.4 is 4.74 Å². The Morgan fingerprint density at radius 1 is 1.08 bits per heavy atom. The highest BCUT2D eigenvalue weighted by molar-refractivity contribution is 7.98. The number of nitrogens with zero attached hydrogens (tertiary/aromatic N) is 1. The predicted octanol–water partition coefficient (Wildman–Crippen LogP) is 5.53. The van der Waals surface area contributed by atoms with Gasteiger partial charge in [0.15, 0.2) is 0 Å². The van der Waals surface area contributed by atoms with E-state index in [0.717, 1.165) is 17.1 Å². The Bertz CT molecular complexity index is 713. The molecule has 0 saturated carbocycles. The van der Waals surface area contributed by atoms with Crippen molar-refractivity contribution in [3.8, 4) is 5.75 Å². The summed E-state index contributed by atoms with van der Waals surface area (Å²) in [7, 11) is 1.54. The lowest BCUT2D eigenvalue weighted by Gasteiger charge is -2.13. The average Bonchev–Trinajstić information content (AvgIpc) is 2.60. The molecular formula is C21H25NO2S. The van der Waals surface area contributed by atoms with Crippen molar-refractivity contribution in [2.45, 2.75) is 31.4 Å². The first-order valence-electron chi connectivity index (χ1n) is 8.27. The van der Waals surface area contributed by atoms with E-state index in [0.29, 0.717) is 6.61 Å². The zero-order valence-electron chi connectivity index (χ0n) is 15.3. The summed E-state index contributed by atoms with van der Waals surface area (Å²) < 4.78 is 5.75. The fourth-order valence-corrected chi connectivity index (χ4v) is 3.51. The lowest BCUT2D eigenvalue weighted by Crippen LogP contribution is -1.96. The molecule has 132 valence electrons. The third-order valence-corrected chi connectivity index (χ3v) is 5.10. The van der Waals surface area contributed by atoms with E-state index in [-0.39, 0.29) is 0 Å². The fourth-order valence-electron chi connectivity index (χ4n) is 2.43. The maximum atomic E-state index is 5.75. The van der Waals surface area contributed by atoms with Gasteiger partial charge in [-0.3, -0.25) is 0 Å². The third kappa shape index (κ3) is 5.98. The molecule has 0 aromatic heterocycles. The molecule has 4 heteroatoms. The van der Waals surface area contributed by atoms with Crippen molar-refractivity contribution in [1.29, 1.82) is 0 Å². The second-order valence-corrected chi connectivity index (χ2v) is 6.70. The number of hydrogen-bond acceptors (Lipinski definition) is 4. The lowest BCUT2D eigenvalue weighted by molar-refractivity contribution is 0.215. The molecule has 0 N–H and O–H groups in total. The molecule has 0 radical (unpaired) electrons. The van der Waals surface area contributed by atoms with Crippen LogP contribution in [0.4, 0.5) is 0 Å². The maximum Gasteiger partial charge on any atom is 0.120 e. The molecule has 0 amide bonds. The van der Waals surface area contributed by atoms with E-state index < -0.39 is 0 Å². The van der Waals surface area contributed by atoms with Crippen LogP contribution in [-0.2, 0) is 10.6 Å². The molecule has 0 saturated heterocycles. The van der Waals surface area contributed by atoms with Crippen LogP contribution in [-0.4, -0.2) is 19.9 Å². The van der Waals surface area contributed by atoms with Crippen molar-refractivity contribution < 1.29 is 9.57 Å². The molecule has 0 bridgehead atoms. The minimum Gasteiger partial charge on any atom is -0.490 e. The maximum absolute atomic E-state index is 5.75. The van der Waals surface area contributed by atoms with Crippen molar-refractivity contribution in [1.82, 2.24) is 0 Å². The van der Waals surface area contributed by atoms with Gasteiger partial charge in [-0.25, -0.2) is 0 Å². The van der Waals surface area contributed by atoms with Gasteiger partial charge in [0, 0.05) is 10.6 Å². The molecule has 0 atom stereocenters. The summed E-state index contributed by atoms with van der Waals surface area (Å²) in [5.41, 5.74) is 4.83. The Morgan fingerprint density at radius 2 is 1.76 bits per heavy atom. The number of hydrogen-bond donors (Lipinski definition) is 0. The van der Waals surface area contributed by atoms with Crippen LogP contribution in [0.15, 0.2) is 58.6 Å². The van der Waals surface area contributed by atoms with Gasteiger partial charge < -0.3 is 9.57 Å². The minimum atomic E-state index is 0.612. The number of allylic oxidation sites excluding steroid dienone is 1. The normalized spacial score (nSPS) is 11.4. The summed E-state index contributed by atoms with van der Waals surface area (Å²) in [5.74, 6) is 1.86. The Labute approximate surface area is 154 Å². The highest BCUT2D eigenvalue weighted by Gasteiger charge is 2.07. The Kier molecular flexibility index (Phi) is 7.61. The molecular weight excluding hydrogens is 330 g/mol. The molecule has 3 nitrogen and oxygen atoms in total. The van der Waals surface area contributed by atoms with Gasteiger partial charge in [-0.15, -0.1) is 11.8 Å². The predicted molar refractivity (Wildman–Crippen MR) is 107 cm³/mol. The number of aryl methyl sites for hydroxylation is 2. The molecule has 0 fully saturated rings. The van der Waals surface area contributed by atoms with Crippen LogP contribution in [0, 0.1) is 13.8 Å². The van der Waals surface area contributed by atoms with Gasteiger partial charge in [0.2, 0.25) is 0 Å². The van der Waals surface area contributed by atoms with Crippen LogP contribution in [0.2, 0.25) is 0 Å². The topological polar surface area (TPSA) is 30.8 Å². The van der Waals surface area contributed by atoms with Gasteiger partial charge in [-0.05, 0) is 55.2 Å². The highest BCUT2D eigenvalue weighted by atomic mass is 32.2. The SMILES string of the molecule is C/C=C/COc1cc(C)c(SCc2ccc(/C=N/OC)cc2)c(C)c1. The third-order valence-electron chi connectivity index (χ3n) is 3.69. The molecule has 2 aromatic carbocycles. The van der Waals surface area contributed by atoms with Gasteiger partial charge in [0.1, 0.15) is 19.5 Å². The second kappa shape index (κ2) is 9.94. The monoisotopic (exact) mass is 355 g/mol. The number of thioether (sulfide) groups is 1.